The van der Waals surface area contributed by atoms with Crippen LogP contribution < -0.4 is 14.9 Å². The maximum absolute atomic E-state index is 14.3. The van der Waals surface area contributed by atoms with Gasteiger partial charge in [-0.15, -0.1) is 0 Å². The molecule has 6 rings (SSSR count). The van der Waals surface area contributed by atoms with Gasteiger partial charge < -0.3 is 94.9 Å². The van der Waals surface area contributed by atoms with Gasteiger partial charge in [-0.2, -0.15) is 0 Å². The Labute approximate surface area is 306 Å². The number of hydrogen-bond donors (Lipinski definition) is 14. The first-order valence-corrected chi connectivity index (χ1v) is 16.1. The second kappa shape index (κ2) is 14.6. The SMILES string of the molecule is C[C@H]1OC(c2c(O)c(O)cc(OC(=O)c3cc(O)c(O)c(O)c3)c2-c2oc3cc(O)cc(O)c3c(=O)c2O[C@@H]2O[C@H](CO)[C@H](O)[C@H](O)[C@H]2O)[C@@H](O)[C@@H](O)[C@@H]1O. The number of ether oxygens (including phenoxy) is 4. The summed E-state index contributed by atoms with van der Waals surface area (Å²) < 4.78 is 28.2. The molecule has 0 radical (unpaired) electrons. The third kappa shape index (κ3) is 6.73. The van der Waals surface area contributed by atoms with Crippen LogP contribution in [0, 0.1) is 0 Å². The predicted octanol–water partition coefficient (Wildman–Crippen LogP) is -1.66. The lowest BCUT2D eigenvalue weighted by molar-refractivity contribution is -0.277. The molecule has 0 aliphatic carbocycles. The molecule has 10 atom stereocenters. The zero-order chi connectivity index (χ0) is 40.4. The predicted molar refractivity (Wildman–Crippen MR) is 177 cm³/mol. The molecule has 0 bridgehead atoms. The molecule has 55 heavy (non-hydrogen) atoms. The summed E-state index contributed by atoms with van der Waals surface area (Å²) in [6.45, 7) is 0.290. The van der Waals surface area contributed by atoms with Crippen LogP contribution in [0.2, 0.25) is 0 Å². The molecule has 14 N–H and O–H groups in total. The van der Waals surface area contributed by atoms with Crippen LogP contribution in [0.1, 0.15) is 28.9 Å². The lowest BCUT2D eigenvalue weighted by Gasteiger charge is -2.40. The molecule has 1 unspecified atom stereocenters. The molecule has 1 aromatic heterocycles. The first-order valence-electron chi connectivity index (χ1n) is 16.1. The van der Waals surface area contributed by atoms with Gasteiger partial charge in [0.05, 0.1) is 23.8 Å². The second-order valence-electron chi connectivity index (χ2n) is 12.8. The van der Waals surface area contributed by atoms with E-state index in [1.807, 2.05) is 0 Å². The maximum atomic E-state index is 14.3. The summed E-state index contributed by atoms with van der Waals surface area (Å²) in [6, 6.07) is 3.42. The Balaban J connectivity index is 1.68. The molecule has 21 nitrogen and oxygen atoms in total. The molecular formula is C34H34O21. The van der Waals surface area contributed by atoms with E-state index in [2.05, 4.69) is 0 Å². The molecule has 2 aliphatic heterocycles. The molecular weight excluding hydrogens is 744 g/mol. The van der Waals surface area contributed by atoms with Crippen molar-refractivity contribution in [3.05, 3.63) is 51.7 Å². The molecule has 296 valence electrons. The molecule has 0 saturated carbocycles. The zero-order valence-corrected chi connectivity index (χ0v) is 28.0. The third-order valence-electron chi connectivity index (χ3n) is 9.15. The van der Waals surface area contributed by atoms with E-state index in [1.54, 1.807) is 0 Å². The van der Waals surface area contributed by atoms with E-state index in [0.29, 0.717) is 18.2 Å². The van der Waals surface area contributed by atoms with Gasteiger partial charge in [0.2, 0.25) is 17.5 Å². The minimum Gasteiger partial charge on any atom is -0.508 e. The topological polar surface area (TPSA) is 367 Å². The van der Waals surface area contributed by atoms with E-state index in [9.17, 15) is 81.1 Å². The standard InChI is InChI=1S/C34H34O21/c1-8-21(41)26(46)28(48)30(51-8)20-19(16(6-14(40)23(20)43)53-33(50)9-2-12(38)22(42)13(39)3-9)31-32(25(45)18-11(37)4-10(36)5-15(18)52-31)55-34-29(49)27(47)24(44)17(7-35)54-34/h2-6,8,17,21,24,26-30,34-44,46-49H,7H2,1H3/t8-,17-,21-,24+,26+,27+,28+,29-,30?,34+/m1/s1. The Bertz CT molecular complexity index is 2180. The van der Waals surface area contributed by atoms with Crippen molar-refractivity contribution in [1.82, 2.24) is 0 Å². The number of aliphatic hydroxyl groups excluding tert-OH is 7. The maximum Gasteiger partial charge on any atom is 0.343 e. The number of hydrogen-bond acceptors (Lipinski definition) is 21. The summed E-state index contributed by atoms with van der Waals surface area (Å²) in [5, 5.41) is 146. The fraction of sp³-hybridized carbons (Fsp3) is 0.353. The van der Waals surface area contributed by atoms with E-state index in [1.165, 1.54) is 6.92 Å². The number of carbonyl (C=O) groups excluding carboxylic acids is 1. The number of aromatic hydroxyl groups is 7. The smallest absolute Gasteiger partial charge is 0.343 e. The molecule has 2 aliphatic rings. The van der Waals surface area contributed by atoms with Crippen LogP contribution in [0.5, 0.6) is 51.7 Å². The number of esters is 1. The summed E-state index contributed by atoms with van der Waals surface area (Å²) >= 11 is 0. The lowest BCUT2D eigenvalue weighted by Crippen LogP contribution is -2.60. The Morgan fingerprint density at radius 2 is 1.35 bits per heavy atom. The van der Waals surface area contributed by atoms with Crippen LogP contribution >= 0.6 is 0 Å². The van der Waals surface area contributed by atoms with E-state index in [4.69, 9.17) is 23.4 Å². The van der Waals surface area contributed by atoms with Crippen LogP contribution in [0.3, 0.4) is 0 Å². The highest BCUT2D eigenvalue weighted by atomic mass is 16.7. The van der Waals surface area contributed by atoms with Crippen LogP contribution in [0.15, 0.2) is 39.5 Å². The Morgan fingerprint density at radius 3 is 1.98 bits per heavy atom. The highest BCUT2D eigenvalue weighted by Gasteiger charge is 2.48. The van der Waals surface area contributed by atoms with Crippen molar-refractivity contribution >= 4 is 16.9 Å². The van der Waals surface area contributed by atoms with Crippen molar-refractivity contribution in [1.29, 1.82) is 0 Å². The quantitative estimate of drug-likeness (QED) is 0.0567. The normalized spacial score (nSPS) is 28.2. The third-order valence-corrected chi connectivity index (χ3v) is 9.15. The molecule has 0 spiro atoms. The van der Waals surface area contributed by atoms with Gasteiger partial charge in [0, 0.05) is 23.8 Å². The minimum atomic E-state index is -2.19. The number of fused-ring (bicyclic) bond motifs is 1. The first kappa shape index (κ1) is 39.1. The van der Waals surface area contributed by atoms with E-state index >= 15 is 0 Å². The molecule has 3 aromatic carbocycles. The largest absolute Gasteiger partial charge is 0.508 e. The second-order valence-corrected chi connectivity index (χ2v) is 12.8. The van der Waals surface area contributed by atoms with Gasteiger partial charge in [0.1, 0.15) is 77.0 Å². The number of rotatable bonds is 7. The summed E-state index contributed by atoms with van der Waals surface area (Å²) in [5.74, 6) is -11.4. The van der Waals surface area contributed by atoms with Crippen molar-refractivity contribution in [3.8, 4) is 63.1 Å². The van der Waals surface area contributed by atoms with Crippen molar-refractivity contribution in [2.45, 2.75) is 68.1 Å². The average molecular weight is 779 g/mol. The Kier molecular flexibility index (Phi) is 10.3. The van der Waals surface area contributed by atoms with Crippen molar-refractivity contribution < 1.29 is 99.7 Å². The number of aliphatic hydroxyl groups is 7. The van der Waals surface area contributed by atoms with Gasteiger partial charge in [-0.1, -0.05) is 0 Å². The number of carbonyl (C=O) groups is 1. The summed E-state index contributed by atoms with van der Waals surface area (Å²) in [7, 11) is 0. The molecule has 2 fully saturated rings. The van der Waals surface area contributed by atoms with Crippen molar-refractivity contribution in [3.63, 3.8) is 0 Å². The van der Waals surface area contributed by atoms with Gasteiger partial charge >= 0.3 is 5.97 Å². The highest BCUT2D eigenvalue weighted by Crippen LogP contribution is 2.52. The van der Waals surface area contributed by atoms with Crippen LogP contribution in [-0.2, 0) is 9.47 Å². The van der Waals surface area contributed by atoms with E-state index in [0.717, 1.165) is 12.1 Å². The van der Waals surface area contributed by atoms with Gasteiger partial charge in [-0.05, 0) is 19.1 Å². The van der Waals surface area contributed by atoms with Crippen LogP contribution in [0.25, 0.3) is 22.3 Å². The van der Waals surface area contributed by atoms with Crippen LogP contribution in [-0.4, -0.2) is 139 Å². The van der Waals surface area contributed by atoms with Gasteiger partial charge in [0.25, 0.3) is 0 Å². The molecule has 4 aromatic rings. The first-order chi connectivity index (χ1) is 25.9. The Hall–Kier alpha value is -5.62. The summed E-state index contributed by atoms with van der Waals surface area (Å²) in [6.07, 6.45) is -19.2. The van der Waals surface area contributed by atoms with Crippen molar-refractivity contribution in [2.24, 2.45) is 0 Å². The fourth-order valence-electron chi connectivity index (χ4n) is 6.24. The molecule has 0 amide bonds. The minimum absolute atomic E-state index is 0.567. The van der Waals surface area contributed by atoms with Gasteiger partial charge in [-0.25, -0.2) is 4.79 Å². The number of benzene rings is 3. The van der Waals surface area contributed by atoms with Crippen LogP contribution in [0.4, 0.5) is 0 Å². The number of phenols is 7. The molecule has 21 heteroatoms. The monoisotopic (exact) mass is 778 g/mol. The van der Waals surface area contributed by atoms with E-state index in [-0.39, 0.29) is 0 Å². The average Bonchev–Trinajstić information content (AvgIpc) is 3.13. The summed E-state index contributed by atoms with van der Waals surface area (Å²) in [4.78, 5) is 27.8. The summed E-state index contributed by atoms with van der Waals surface area (Å²) in [5.41, 5.74) is -4.34. The highest BCUT2D eigenvalue weighted by molar-refractivity contribution is 5.95. The van der Waals surface area contributed by atoms with Gasteiger partial charge in [-0.3, -0.25) is 4.79 Å². The van der Waals surface area contributed by atoms with E-state index < -0.39 is 164 Å². The fourth-order valence-corrected chi connectivity index (χ4v) is 6.24. The zero-order valence-electron chi connectivity index (χ0n) is 28.0. The van der Waals surface area contributed by atoms with Crippen molar-refractivity contribution in [2.75, 3.05) is 6.61 Å². The number of phenolic OH excluding ortho intramolecular Hbond substituents is 7. The molecule has 3 heterocycles. The molecule has 2 saturated heterocycles. The lowest BCUT2D eigenvalue weighted by atomic mass is 9.87. The van der Waals surface area contributed by atoms with Gasteiger partial charge in [0.15, 0.2) is 34.5 Å². The Morgan fingerprint density at radius 1 is 0.727 bits per heavy atom.